The Morgan fingerprint density at radius 3 is 2.80 bits per heavy atom. The van der Waals surface area contributed by atoms with E-state index in [1.807, 2.05) is 18.3 Å². The number of nitrogens with zero attached hydrogens (tertiary/aromatic N) is 1. The lowest BCUT2D eigenvalue weighted by Crippen LogP contribution is -2.40. The molecule has 0 radical (unpaired) electrons. The van der Waals surface area contributed by atoms with Gasteiger partial charge in [-0.1, -0.05) is 13.0 Å². The van der Waals surface area contributed by atoms with Crippen molar-refractivity contribution in [3.8, 4) is 0 Å². The van der Waals surface area contributed by atoms with Gasteiger partial charge in [-0.15, -0.1) is 0 Å². The van der Waals surface area contributed by atoms with E-state index >= 15 is 0 Å². The second kappa shape index (κ2) is 4.29. The van der Waals surface area contributed by atoms with Gasteiger partial charge in [0.25, 0.3) is 0 Å². The van der Waals surface area contributed by atoms with Crippen LogP contribution in [0.5, 0.6) is 0 Å². The number of hydrogen-bond donors (Lipinski definition) is 1. The van der Waals surface area contributed by atoms with Gasteiger partial charge in [-0.05, 0) is 18.6 Å². The summed E-state index contributed by atoms with van der Waals surface area (Å²) in [6, 6.07) is 6.02. The molecule has 1 aliphatic heterocycles. The summed E-state index contributed by atoms with van der Waals surface area (Å²) in [5.74, 6) is 0.653. The van der Waals surface area contributed by atoms with Crippen molar-refractivity contribution in [2.75, 3.05) is 19.8 Å². The Bertz CT molecular complexity index is 311. The lowest BCUT2D eigenvalue weighted by Gasteiger charge is -2.35. The first-order chi connectivity index (χ1) is 7.24. The van der Waals surface area contributed by atoms with Crippen LogP contribution in [0.15, 0.2) is 24.4 Å². The fourth-order valence-corrected chi connectivity index (χ4v) is 2.05. The van der Waals surface area contributed by atoms with Gasteiger partial charge in [0, 0.05) is 29.8 Å². The molecule has 1 atom stereocenters. The van der Waals surface area contributed by atoms with Crippen molar-refractivity contribution >= 4 is 0 Å². The lowest BCUT2D eigenvalue weighted by molar-refractivity contribution is -0.0444. The second-order valence-corrected chi connectivity index (χ2v) is 4.59. The van der Waals surface area contributed by atoms with Crippen LogP contribution in [-0.4, -0.2) is 24.7 Å². The predicted molar refractivity (Wildman–Crippen MR) is 59.6 cm³/mol. The predicted octanol–water partition coefficient (Wildman–Crippen LogP) is 1.33. The van der Waals surface area contributed by atoms with Crippen molar-refractivity contribution in [2.45, 2.75) is 18.8 Å². The summed E-state index contributed by atoms with van der Waals surface area (Å²) in [5.41, 5.74) is 6.98. The molecule has 1 fully saturated rings. The molecule has 1 unspecified atom stereocenters. The molecule has 2 heterocycles. The summed E-state index contributed by atoms with van der Waals surface area (Å²) in [6.07, 6.45) is 2.90. The summed E-state index contributed by atoms with van der Waals surface area (Å²) in [6.45, 7) is 4.58. The van der Waals surface area contributed by atoms with Crippen molar-refractivity contribution < 1.29 is 4.74 Å². The first kappa shape index (κ1) is 10.6. The molecule has 1 saturated heterocycles. The fourth-order valence-electron chi connectivity index (χ4n) is 2.05. The zero-order valence-corrected chi connectivity index (χ0v) is 9.15. The van der Waals surface area contributed by atoms with Crippen LogP contribution in [0.4, 0.5) is 0 Å². The number of hydrogen-bond acceptors (Lipinski definition) is 3. The van der Waals surface area contributed by atoms with E-state index in [1.165, 1.54) is 0 Å². The minimum Gasteiger partial charge on any atom is -0.381 e. The molecule has 15 heavy (non-hydrogen) atoms. The van der Waals surface area contributed by atoms with E-state index in [0.29, 0.717) is 12.5 Å². The van der Waals surface area contributed by atoms with Crippen molar-refractivity contribution in [2.24, 2.45) is 11.7 Å². The maximum Gasteiger partial charge on any atom is 0.0516 e. The molecule has 0 spiro atoms. The van der Waals surface area contributed by atoms with Gasteiger partial charge in [0.2, 0.25) is 0 Å². The SMILES string of the molecule is CC(CN)(CC1COC1)c1ccccn1. The highest BCUT2D eigenvalue weighted by molar-refractivity contribution is 5.16. The largest absolute Gasteiger partial charge is 0.381 e. The molecule has 0 bridgehead atoms. The summed E-state index contributed by atoms with van der Waals surface area (Å²) in [4.78, 5) is 4.41. The van der Waals surface area contributed by atoms with Gasteiger partial charge in [-0.3, -0.25) is 4.98 Å². The van der Waals surface area contributed by atoms with Crippen molar-refractivity contribution in [3.05, 3.63) is 30.1 Å². The number of rotatable bonds is 4. The maximum absolute atomic E-state index is 5.89. The molecular formula is C12H18N2O. The van der Waals surface area contributed by atoms with E-state index in [9.17, 15) is 0 Å². The van der Waals surface area contributed by atoms with E-state index < -0.39 is 0 Å². The first-order valence-electron chi connectivity index (χ1n) is 5.44. The zero-order chi connectivity index (χ0) is 10.7. The molecule has 3 heteroatoms. The Hall–Kier alpha value is -0.930. The second-order valence-electron chi connectivity index (χ2n) is 4.59. The monoisotopic (exact) mass is 206 g/mol. The van der Waals surface area contributed by atoms with Gasteiger partial charge in [0.05, 0.1) is 13.2 Å². The molecule has 82 valence electrons. The summed E-state index contributed by atoms with van der Waals surface area (Å²) in [5, 5.41) is 0. The highest BCUT2D eigenvalue weighted by Gasteiger charge is 2.32. The molecule has 1 aromatic rings. The minimum atomic E-state index is -0.00426. The summed E-state index contributed by atoms with van der Waals surface area (Å²) >= 11 is 0. The third kappa shape index (κ3) is 2.19. The van der Waals surface area contributed by atoms with Crippen LogP contribution in [0.2, 0.25) is 0 Å². The average molecular weight is 206 g/mol. The molecule has 0 saturated carbocycles. The number of pyridine rings is 1. The Morgan fingerprint density at radius 1 is 1.53 bits per heavy atom. The zero-order valence-electron chi connectivity index (χ0n) is 9.15. The molecule has 0 aliphatic carbocycles. The average Bonchev–Trinajstić information content (AvgIpc) is 2.24. The van der Waals surface area contributed by atoms with Crippen molar-refractivity contribution in [1.29, 1.82) is 0 Å². The highest BCUT2D eigenvalue weighted by atomic mass is 16.5. The topological polar surface area (TPSA) is 48.1 Å². The van der Waals surface area contributed by atoms with Crippen LogP contribution < -0.4 is 5.73 Å². The van der Waals surface area contributed by atoms with Gasteiger partial charge in [0.15, 0.2) is 0 Å². The molecule has 2 N–H and O–H groups in total. The Balaban J connectivity index is 2.12. The van der Waals surface area contributed by atoms with Gasteiger partial charge in [0.1, 0.15) is 0 Å². The quantitative estimate of drug-likeness (QED) is 0.808. The lowest BCUT2D eigenvalue weighted by atomic mass is 9.77. The van der Waals surface area contributed by atoms with Crippen molar-refractivity contribution in [3.63, 3.8) is 0 Å². The molecular weight excluding hydrogens is 188 g/mol. The molecule has 2 rings (SSSR count). The van der Waals surface area contributed by atoms with Crippen LogP contribution in [0.3, 0.4) is 0 Å². The molecule has 1 aromatic heterocycles. The standard InChI is InChI=1S/C12H18N2O/c1-12(9-13,6-10-7-15-8-10)11-4-2-3-5-14-11/h2-5,10H,6-9,13H2,1H3. The van der Waals surface area contributed by atoms with E-state index in [2.05, 4.69) is 18.0 Å². The Labute approximate surface area is 90.7 Å². The van der Waals surface area contributed by atoms with Gasteiger partial charge in [-0.2, -0.15) is 0 Å². The third-order valence-corrected chi connectivity index (χ3v) is 3.18. The Kier molecular flexibility index (Phi) is 3.03. The van der Waals surface area contributed by atoms with Crippen LogP contribution in [-0.2, 0) is 10.2 Å². The smallest absolute Gasteiger partial charge is 0.0516 e. The van der Waals surface area contributed by atoms with Gasteiger partial charge >= 0.3 is 0 Å². The first-order valence-corrected chi connectivity index (χ1v) is 5.44. The molecule has 0 aromatic carbocycles. The van der Waals surface area contributed by atoms with Crippen LogP contribution in [0.25, 0.3) is 0 Å². The molecule has 0 amide bonds. The summed E-state index contributed by atoms with van der Waals surface area (Å²) in [7, 11) is 0. The van der Waals surface area contributed by atoms with E-state index in [1.54, 1.807) is 0 Å². The fraction of sp³-hybridized carbons (Fsp3) is 0.583. The van der Waals surface area contributed by atoms with Gasteiger partial charge < -0.3 is 10.5 Å². The normalized spacial score (nSPS) is 20.7. The maximum atomic E-state index is 5.89. The Morgan fingerprint density at radius 2 is 2.33 bits per heavy atom. The van der Waals surface area contributed by atoms with Crippen LogP contribution >= 0.6 is 0 Å². The van der Waals surface area contributed by atoms with E-state index in [0.717, 1.165) is 25.3 Å². The van der Waals surface area contributed by atoms with Gasteiger partial charge in [-0.25, -0.2) is 0 Å². The van der Waals surface area contributed by atoms with Crippen molar-refractivity contribution in [1.82, 2.24) is 4.98 Å². The highest BCUT2D eigenvalue weighted by Crippen LogP contribution is 2.31. The number of aromatic nitrogens is 1. The molecule has 1 aliphatic rings. The van der Waals surface area contributed by atoms with E-state index in [-0.39, 0.29) is 5.41 Å². The molecule has 3 nitrogen and oxygen atoms in total. The van der Waals surface area contributed by atoms with Crippen LogP contribution in [0.1, 0.15) is 19.0 Å². The third-order valence-electron chi connectivity index (χ3n) is 3.18. The number of nitrogens with two attached hydrogens (primary N) is 1. The van der Waals surface area contributed by atoms with E-state index in [4.69, 9.17) is 10.5 Å². The van der Waals surface area contributed by atoms with Crippen LogP contribution in [0, 0.1) is 5.92 Å². The summed E-state index contributed by atoms with van der Waals surface area (Å²) < 4.78 is 5.20. The minimum absolute atomic E-state index is 0.00426. The number of ether oxygens (including phenoxy) is 1.